The van der Waals surface area contributed by atoms with Gasteiger partial charge in [-0.1, -0.05) is 0 Å². The second-order valence-corrected chi connectivity index (χ2v) is 36.6. The summed E-state index contributed by atoms with van der Waals surface area (Å²) in [5.74, 6) is 13.4. The number of hydrogen-bond donors (Lipinski definition) is 0. The van der Waals surface area contributed by atoms with E-state index in [4.69, 9.17) is 23.2 Å². The fourth-order valence-corrected chi connectivity index (χ4v) is 20.3. The van der Waals surface area contributed by atoms with Gasteiger partial charge in [0.1, 0.15) is 0 Å². The van der Waals surface area contributed by atoms with Gasteiger partial charge in [-0.25, -0.2) is 0 Å². The molecule has 0 heterocycles. The Morgan fingerprint density at radius 2 is 0.685 bits per heavy atom. The van der Waals surface area contributed by atoms with Gasteiger partial charge in [0.05, 0.1) is 0 Å². The fourth-order valence-electron chi connectivity index (χ4n) is 7.10. The van der Waals surface area contributed by atoms with Crippen LogP contribution in [-0.2, 0) is 0 Å². The Hall–Kier alpha value is -3.63. The van der Waals surface area contributed by atoms with Crippen LogP contribution >= 0.6 is 23.2 Å². The number of rotatable bonds is 12. The van der Waals surface area contributed by atoms with Gasteiger partial charge in [0, 0.05) is 0 Å². The van der Waals surface area contributed by atoms with Gasteiger partial charge in [-0.3, -0.25) is 0 Å². The molecular weight excluding hydrogens is 817 g/mol. The summed E-state index contributed by atoms with van der Waals surface area (Å²) in [7, 11) is 0. The van der Waals surface area contributed by atoms with E-state index in [1.807, 2.05) is 24.3 Å². The summed E-state index contributed by atoms with van der Waals surface area (Å²) in [4.78, 5) is 5.31. The number of hydrogen-bond acceptors (Lipinski definition) is 0. The Kier molecular flexibility index (Phi) is 15.2. The molecule has 0 unspecified atom stereocenters. The van der Waals surface area contributed by atoms with Crippen LogP contribution in [-0.4, -0.2) is 26.5 Å². The van der Waals surface area contributed by atoms with Crippen LogP contribution in [0, 0.1) is 23.7 Å². The van der Waals surface area contributed by atoms with E-state index in [9.17, 15) is 0 Å². The molecule has 0 aliphatic rings. The van der Waals surface area contributed by atoms with E-state index in [1.54, 1.807) is 0 Å². The summed E-state index contributed by atoms with van der Waals surface area (Å²) in [6.07, 6.45) is 0. The first-order chi connectivity index (χ1) is 26.2. The van der Waals surface area contributed by atoms with Crippen molar-refractivity contribution in [3.8, 4) is 23.7 Å². The molecule has 0 aromatic heterocycles. The summed E-state index contributed by atoms with van der Waals surface area (Å²) < 4.78 is 0. The van der Waals surface area contributed by atoms with Gasteiger partial charge in [0.15, 0.2) is 0 Å². The Morgan fingerprint density at radius 1 is 0.407 bits per heavy atom. The first kappa shape index (κ1) is 41.5. The van der Waals surface area contributed by atoms with Gasteiger partial charge in [0.25, 0.3) is 0 Å². The fraction of sp³-hybridized carbons (Fsp3) is 0.240. The molecule has 0 aliphatic heterocycles. The Labute approximate surface area is 340 Å². The normalized spacial score (nSPS) is 12.1. The van der Waals surface area contributed by atoms with E-state index < -0.39 is 26.5 Å². The third-order valence-electron chi connectivity index (χ3n) is 11.4. The predicted molar refractivity (Wildman–Crippen MR) is 243 cm³/mol. The zero-order chi connectivity index (χ0) is 38.6. The van der Waals surface area contributed by atoms with Crippen LogP contribution in [0.4, 0.5) is 0 Å². The molecule has 5 aromatic carbocycles. The quantitative estimate of drug-likeness (QED) is 0.0866. The van der Waals surface area contributed by atoms with Crippen molar-refractivity contribution < 1.29 is 0 Å². The summed E-state index contributed by atoms with van der Waals surface area (Å²) in [5, 5.41) is 9.21. The second kappa shape index (κ2) is 19.8. The van der Waals surface area contributed by atoms with Crippen LogP contribution in [0.5, 0.6) is 0 Å². The molecule has 0 bridgehead atoms. The first-order valence-electron chi connectivity index (χ1n) is 19.5. The van der Waals surface area contributed by atoms with Crippen molar-refractivity contribution in [2.75, 3.05) is 0 Å². The van der Waals surface area contributed by atoms with Crippen molar-refractivity contribution in [2.45, 2.75) is 73.1 Å². The van der Waals surface area contributed by atoms with Crippen LogP contribution in [0.1, 0.15) is 86.1 Å². The standard InChI is InChI=1S/C50H52Cl2Ge2/c1-7-53(8-2,9-3)37-49(45-15-13-17-47(51)35-45)43-31-27-41(28-32-43)25-23-39-19-21-40(22-20-39)24-26-42-29-33-44(34-30-42)50(38-54(10-4,11-5)12-6)46-16-14-18-48(52)36-46/h13-22,27-38H,7-12H2,1-6H3/b49-37+,50-38+. The van der Waals surface area contributed by atoms with Crippen LogP contribution in [0.2, 0.25) is 41.6 Å². The van der Waals surface area contributed by atoms with Crippen LogP contribution in [0.15, 0.2) is 131 Å². The van der Waals surface area contributed by atoms with Crippen molar-refractivity contribution in [2.24, 2.45) is 0 Å². The Balaban J connectivity index is 1.32. The average molecular weight is 869 g/mol. The second-order valence-electron chi connectivity index (χ2n) is 14.2. The van der Waals surface area contributed by atoms with Gasteiger partial charge in [-0.2, -0.15) is 0 Å². The van der Waals surface area contributed by atoms with Gasteiger partial charge in [0.2, 0.25) is 0 Å². The summed E-state index contributed by atoms with van der Waals surface area (Å²) in [6, 6.07) is 42.1. The van der Waals surface area contributed by atoms with Crippen LogP contribution in [0.3, 0.4) is 0 Å². The molecule has 4 heteroatoms. The molecule has 0 nitrogen and oxygen atoms in total. The molecule has 0 atom stereocenters. The molecule has 0 saturated heterocycles. The third kappa shape index (κ3) is 10.8. The average Bonchev–Trinajstić information content (AvgIpc) is 3.22. The molecule has 0 radical (unpaired) electrons. The van der Waals surface area contributed by atoms with Crippen molar-refractivity contribution >= 4 is 60.9 Å². The Bertz CT molecular complexity index is 2020. The molecule has 0 spiro atoms. The molecule has 274 valence electrons. The summed E-state index contributed by atoms with van der Waals surface area (Å²) in [5.41, 5.74) is 11.3. The SMILES string of the molecule is C[CH2][Ge](/[CH]=C(\c1ccc(C#Cc2ccc(C#Cc3ccc(/C(=[CH]\[Ge]([CH2]C)([CH2]C)[CH2]C)c4cccc(Cl)c4)cc3)cc2)cc1)c1cccc(Cl)c1)([CH2]C)[CH2]C. The topological polar surface area (TPSA) is 0 Å². The third-order valence-corrected chi connectivity index (χ3v) is 33.4. The van der Waals surface area contributed by atoms with E-state index in [-0.39, 0.29) is 0 Å². The van der Waals surface area contributed by atoms with Crippen molar-refractivity contribution in [1.29, 1.82) is 0 Å². The monoisotopic (exact) mass is 870 g/mol. The number of benzene rings is 5. The minimum absolute atomic E-state index is 0.769. The van der Waals surface area contributed by atoms with E-state index in [0.29, 0.717) is 0 Å². The van der Waals surface area contributed by atoms with E-state index in [0.717, 1.165) is 32.3 Å². The minimum atomic E-state index is -2.14. The number of halogens is 2. The zero-order valence-electron chi connectivity index (χ0n) is 32.7. The predicted octanol–water partition coefficient (Wildman–Crippen LogP) is 14.8. The molecule has 5 aromatic rings. The summed E-state index contributed by atoms with van der Waals surface area (Å²) >= 11 is 8.63. The zero-order valence-corrected chi connectivity index (χ0v) is 38.4. The van der Waals surface area contributed by atoms with Crippen LogP contribution < -0.4 is 0 Å². The maximum absolute atomic E-state index is 6.45. The van der Waals surface area contributed by atoms with Crippen molar-refractivity contribution in [1.82, 2.24) is 0 Å². The van der Waals surface area contributed by atoms with Gasteiger partial charge in [-0.05, 0) is 0 Å². The molecule has 0 saturated carbocycles. The molecule has 54 heavy (non-hydrogen) atoms. The van der Waals surface area contributed by atoms with Crippen molar-refractivity contribution in [3.05, 3.63) is 186 Å². The van der Waals surface area contributed by atoms with Crippen LogP contribution in [0.25, 0.3) is 11.1 Å². The van der Waals surface area contributed by atoms with E-state index >= 15 is 0 Å². The molecule has 0 amide bonds. The first-order valence-corrected chi connectivity index (χ1v) is 31.6. The molecular formula is C50H52Cl2Ge2. The summed E-state index contributed by atoms with van der Waals surface area (Å²) in [6.45, 7) is 14.2. The molecule has 5 rings (SSSR count). The van der Waals surface area contributed by atoms with Gasteiger partial charge in [-0.15, -0.1) is 0 Å². The molecule has 0 N–H and O–H groups in total. The van der Waals surface area contributed by atoms with E-state index in [2.05, 4.69) is 172 Å². The molecule has 0 aliphatic carbocycles. The maximum atomic E-state index is 6.45. The van der Waals surface area contributed by atoms with E-state index in [1.165, 1.54) is 64.9 Å². The van der Waals surface area contributed by atoms with Gasteiger partial charge >= 0.3 is 343 Å². The van der Waals surface area contributed by atoms with Gasteiger partial charge < -0.3 is 0 Å². The van der Waals surface area contributed by atoms with Crippen molar-refractivity contribution in [3.63, 3.8) is 0 Å². The Morgan fingerprint density at radius 3 is 0.944 bits per heavy atom. The molecule has 0 fully saturated rings.